The fraction of sp³-hybridized carbons (Fsp3) is 0.688. The van der Waals surface area contributed by atoms with E-state index >= 15 is 0 Å². The number of hydrogen-bond donors (Lipinski definition) is 3. The second-order valence-corrected chi connectivity index (χ2v) is 6.09. The number of carbonyl (C=O) groups is 5. The third-order valence-electron chi connectivity index (χ3n) is 3.50. The summed E-state index contributed by atoms with van der Waals surface area (Å²) in [4.78, 5) is 58.4. The number of esters is 1. The first-order chi connectivity index (χ1) is 12.0. The van der Waals surface area contributed by atoms with Gasteiger partial charge in [-0.3, -0.25) is 24.0 Å². The molecule has 0 saturated carbocycles. The third kappa shape index (κ3) is 8.04. The maximum absolute atomic E-state index is 12.6. The number of nitrogens with one attached hydrogen (secondary N) is 3. The molecule has 0 radical (unpaired) electrons. The van der Waals surface area contributed by atoms with Crippen molar-refractivity contribution in [2.45, 2.75) is 52.2 Å². The van der Waals surface area contributed by atoms with Crippen LogP contribution < -0.4 is 16.0 Å². The lowest BCUT2D eigenvalue weighted by molar-refractivity contribution is -0.143. The van der Waals surface area contributed by atoms with Gasteiger partial charge in [0.2, 0.25) is 17.7 Å². The highest BCUT2D eigenvalue weighted by atomic mass is 19.1. The van der Waals surface area contributed by atoms with Crippen LogP contribution in [0.25, 0.3) is 0 Å². The first-order valence-corrected chi connectivity index (χ1v) is 8.06. The molecule has 0 aromatic rings. The predicted molar refractivity (Wildman–Crippen MR) is 89.6 cm³/mol. The second-order valence-electron chi connectivity index (χ2n) is 6.09. The van der Waals surface area contributed by atoms with E-state index in [1.165, 1.54) is 13.8 Å². The van der Waals surface area contributed by atoms with E-state index in [-0.39, 0.29) is 5.92 Å². The van der Waals surface area contributed by atoms with Crippen LogP contribution in [-0.2, 0) is 28.7 Å². The van der Waals surface area contributed by atoms with E-state index in [4.69, 9.17) is 0 Å². The zero-order chi connectivity index (χ0) is 20.4. The van der Waals surface area contributed by atoms with E-state index in [9.17, 15) is 28.4 Å². The Morgan fingerprint density at radius 2 is 1.54 bits per heavy atom. The molecule has 0 aliphatic carbocycles. The fourth-order valence-corrected chi connectivity index (χ4v) is 2.01. The van der Waals surface area contributed by atoms with Crippen molar-refractivity contribution in [1.29, 1.82) is 0 Å². The van der Waals surface area contributed by atoms with Crippen LogP contribution >= 0.6 is 0 Å². The molecule has 0 aromatic heterocycles. The van der Waals surface area contributed by atoms with Gasteiger partial charge in [0, 0.05) is 6.92 Å². The molecular formula is C16H26FN3O6. The van der Waals surface area contributed by atoms with Crippen LogP contribution in [0.2, 0.25) is 0 Å². The first kappa shape index (κ1) is 23.5. The summed E-state index contributed by atoms with van der Waals surface area (Å²) in [5.41, 5.74) is 0. The van der Waals surface area contributed by atoms with E-state index in [2.05, 4.69) is 20.7 Å². The molecule has 0 saturated heterocycles. The molecule has 0 spiro atoms. The topological polar surface area (TPSA) is 131 Å². The van der Waals surface area contributed by atoms with Crippen molar-refractivity contribution in [1.82, 2.24) is 16.0 Å². The lowest BCUT2D eigenvalue weighted by Gasteiger charge is -2.24. The summed E-state index contributed by atoms with van der Waals surface area (Å²) in [6.45, 7) is 4.70. The van der Waals surface area contributed by atoms with E-state index in [0.717, 1.165) is 7.11 Å². The minimum Gasteiger partial charge on any atom is -0.469 e. The third-order valence-corrected chi connectivity index (χ3v) is 3.50. The molecule has 3 atom stereocenters. The summed E-state index contributed by atoms with van der Waals surface area (Å²) < 4.78 is 17.0. The lowest BCUT2D eigenvalue weighted by atomic mass is 10.0. The number of Topliss-reactive ketones (excluding diaryl/α,β-unsaturated/α-hetero) is 1. The van der Waals surface area contributed by atoms with E-state index in [1.807, 2.05) is 0 Å². The van der Waals surface area contributed by atoms with Gasteiger partial charge in [-0.2, -0.15) is 0 Å². The minimum absolute atomic E-state index is 0.227. The highest BCUT2D eigenvalue weighted by Gasteiger charge is 2.29. The number of carbonyl (C=O) groups excluding carboxylic acids is 5. The van der Waals surface area contributed by atoms with Crippen LogP contribution in [0.1, 0.15) is 34.1 Å². The van der Waals surface area contributed by atoms with Crippen LogP contribution in [-0.4, -0.2) is 61.4 Å². The Bertz CT molecular complexity index is 552. The summed E-state index contributed by atoms with van der Waals surface area (Å²) in [6.07, 6.45) is -0.522. The number of halogens is 1. The van der Waals surface area contributed by atoms with Crippen LogP contribution in [0.4, 0.5) is 4.39 Å². The normalized spacial score (nSPS) is 14.0. The van der Waals surface area contributed by atoms with E-state index in [0.29, 0.717) is 0 Å². The molecule has 3 N–H and O–H groups in total. The Morgan fingerprint density at radius 1 is 0.962 bits per heavy atom. The Morgan fingerprint density at radius 3 is 1.96 bits per heavy atom. The van der Waals surface area contributed by atoms with Gasteiger partial charge < -0.3 is 20.7 Å². The molecule has 148 valence electrons. The Hall–Kier alpha value is -2.52. The standard InChI is InChI=1S/C16H26FN3O6/c1-8(2)14(19-10(4)21)16(25)18-9(3)15(24)20-11(12(22)7-17)6-13(23)26-5/h8-9,11,14H,6-7H2,1-5H3,(H,18,25)(H,19,21)(H,20,24). The average molecular weight is 375 g/mol. The van der Waals surface area contributed by atoms with Gasteiger partial charge in [-0.15, -0.1) is 0 Å². The molecule has 0 fully saturated rings. The SMILES string of the molecule is COC(=O)CC(NC(=O)C(C)NC(=O)C(NC(C)=O)C(C)C)C(=O)CF. The highest BCUT2D eigenvalue weighted by Crippen LogP contribution is 2.03. The van der Waals surface area contributed by atoms with Crippen molar-refractivity contribution in [2.24, 2.45) is 5.92 Å². The van der Waals surface area contributed by atoms with Gasteiger partial charge in [-0.1, -0.05) is 13.8 Å². The van der Waals surface area contributed by atoms with Crippen LogP contribution in [0, 0.1) is 5.92 Å². The second kappa shape index (κ2) is 11.2. The Kier molecular flexibility index (Phi) is 10.1. The molecular weight excluding hydrogens is 349 g/mol. The number of methoxy groups -OCH3 is 1. The van der Waals surface area contributed by atoms with E-state index < -0.39 is 60.7 Å². The Balaban J connectivity index is 4.95. The molecule has 3 amide bonds. The molecule has 0 heterocycles. The molecule has 0 bridgehead atoms. The molecule has 0 rings (SSSR count). The average Bonchev–Trinajstić information content (AvgIpc) is 2.57. The van der Waals surface area contributed by atoms with Gasteiger partial charge in [0.1, 0.15) is 24.8 Å². The van der Waals surface area contributed by atoms with Crippen molar-refractivity contribution < 1.29 is 33.1 Å². The van der Waals surface area contributed by atoms with Gasteiger partial charge in [-0.05, 0) is 12.8 Å². The number of amides is 3. The van der Waals surface area contributed by atoms with Gasteiger partial charge in [0.15, 0.2) is 5.78 Å². The molecule has 3 unspecified atom stereocenters. The largest absolute Gasteiger partial charge is 0.469 e. The summed E-state index contributed by atoms with van der Waals surface area (Å²) in [5, 5.41) is 7.10. The van der Waals surface area contributed by atoms with Crippen molar-refractivity contribution in [3.63, 3.8) is 0 Å². The van der Waals surface area contributed by atoms with Gasteiger partial charge in [0.25, 0.3) is 0 Å². The maximum Gasteiger partial charge on any atom is 0.308 e. The molecule has 10 heteroatoms. The Labute approximate surface area is 151 Å². The van der Waals surface area contributed by atoms with Gasteiger partial charge >= 0.3 is 5.97 Å². The monoisotopic (exact) mass is 375 g/mol. The smallest absolute Gasteiger partial charge is 0.308 e. The first-order valence-electron chi connectivity index (χ1n) is 8.06. The zero-order valence-electron chi connectivity index (χ0n) is 15.6. The van der Waals surface area contributed by atoms with Crippen LogP contribution in [0.5, 0.6) is 0 Å². The number of ether oxygens (including phenoxy) is 1. The van der Waals surface area contributed by atoms with Crippen molar-refractivity contribution in [2.75, 3.05) is 13.8 Å². The minimum atomic E-state index is -1.39. The zero-order valence-corrected chi connectivity index (χ0v) is 15.6. The van der Waals surface area contributed by atoms with Crippen molar-refractivity contribution in [3.05, 3.63) is 0 Å². The predicted octanol–water partition coefficient (Wildman–Crippen LogP) is -0.762. The summed E-state index contributed by atoms with van der Waals surface area (Å²) in [5.74, 6) is -3.77. The van der Waals surface area contributed by atoms with Gasteiger partial charge in [-0.25, -0.2) is 4.39 Å². The summed E-state index contributed by atoms with van der Waals surface area (Å²) in [7, 11) is 1.10. The molecule has 0 aromatic carbocycles. The lowest BCUT2D eigenvalue weighted by Crippen LogP contribution is -2.56. The molecule has 26 heavy (non-hydrogen) atoms. The number of ketones is 1. The number of hydrogen-bond acceptors (Lipinski definition) is 6. The number of rotatable bonds is 10. The van der Waals surface area contributed by atoms with Crippen molar-refractivity contribution in [3.8, 4) is 0 Å². The summed E-state index contributed by atoms with van der Waals surface area (Å²) >= 11 is 0. The quantitative estimate of drug-likeness (QED) is 0.430. The molecule has 0 aliphatic heterocycles. The van der Waals surface area contributed by atoms with Crippen LogP contribution in [0.15, 0.2) is 0 Å². The van der Waals surface area contributed by atoms with Crippen molar-refractivity contribution >= 4 is 29.5 Å². The highest BCUT2D eigenvalue weighted by molar-refractivity contribution is 5.96. The number of alkyl halides is 1. The van der Waals surface area contributed by atoms with E-state index in [1.54, 1.807) is 13.8 Å². The molecule has 0 aliphatic rings. The summed E-state index contributed by atoms with van der Waals surface area (Å²) in [6, 6.07) is -3.32. The van der Waals surface area contributed by atoms with Gasteiger partial charge in [0.05, 0.1) is 13.5 Å². The fourth-order valence-electron chi connectivity index (χ4n) is 2.01. The molecule has 9 nitrogen and oxygen atoms in total. The van der Waals surface area contributed by atoms with Crippen LogP contribution in [0.3, 0.4) is 0 Å². The maximum atomic E-state index is 12.6.